The molecule has 0 saturated heterocycles. The van der Waals surface area contributed by atoms with Gasteiger partial charge in [0.25, 0.3) is 0 Å². The summed E-state index contributed by atoms with van der Waals surface area (Å²) in [6, 6.07) is 42.9. The van der Waals surface area contributed by atoms with Gasteiger partial charge >= 0.3 is 0 Å². The molecule has 0 spiro atoms. The Morgan fingerprint density at radius 1 is 0.600 bits per heavy atom. The summed E-state index contributed by atoms with van der Waals surface area (Å²) < 4.78 is 7.05. The van der Waals surface area contributed by atoms with Gasteiger partial charge in [0.05, 0.1) is 11.4 Å². The van der Waals surface area contributed by atoms with Crippen LogP contribution in [0.5, 0.6) is 5.75 Å². The van der Waals surface area contributed by atoms with E-state index in [4.69, 9.17) is 4.74 Å². The molecule has 6 aromatic carbocycles. The molecule has 10 rings (SSSR count). The maximum absolute atomic E-state index is 7.05. The Kier molecular flexibility index (Phi) is 7.86. The zero-order valence-electron chi connectivity index (χ0n) is 32.6. The van der Waals surface area contributed by atoms with Crippen LogP contribution in [0.4, 0.5) is 17.1 Å². The fraction of sp³-hybridized carbons (Fsp3) is 0.245. The molecule has 1 heterocycles. The molecule has 2 nitrogen and oxygen atoms in total. The first-order chi connectivity index (χ1) is 26.7. The van der Waals surface area contributed by atoms with Crippen LogP contribution in [0, 0.1) is 5.92 Å². The molecule has 2 heteroatoms. The second-order valence-electron chi connectivity index (χ2n) is 17.1. The van der Waals surface area contributed by atoms with E-state index < -0.39 is 0 Å². The molecule has 0 bridgehead atoms. The zero-order valence-corrected chi connectivity index (χ0v) is 32.6. The lowest BCUT2D eigenvalue weighted by Gasteiger charge is -2.40. The van der Waals surface area contributed by atoms with Gasteiger partial charge in [0.2, 0.25) is 0 Å². The molecule has 1 aliphatic heterocycles. The van der Waals surface area contributed by atoms with E-state index in [-0.39, 0.29) is 10.8 Å². The fourth-order valence-electron chi connectivity index (χ4n) is 10.6. The summed E-state index contributed by atoms with van der Waals surface area (Å²) in [5.74, 6) is 1.45. The van der Waals surface area contributed by atoms with E-state index in [1.54, 1.807) is 0 Å². The third kappa shape index (κ3) is 5.14. The van der Waals surface area contributed by atoms with Crippen molar-refractivity contribution in [2.75, 3.05) is 11.5 Å². The predicted octanol–water partition coefficient (Wildman–Crippen LogP) is 14.4. The highest BCUT2D eigenvalue weighted by Crippen LogP contribution is 2.59. The fourth-order valence-corrected chi connectivity index (χ4v) is 10.6. The quantitative estimate of drug-likeness (QED) is 0.180. The molecule has 1 saturated carbocycles. The van der Waals surface area contributed by atoms with Crippen molar-refractivity contribution < 1.29 is 4.74 Å². The lowest BCUT2D eigenvalue weighted by Crippen LogP contribution is -2.29. The van der Waals surface area contributed by atoms with Gasteiger partial charge < -0.3 is 9.64 Å². The summed E-state index contributed by atoms with van der Waals surface area (Å²) in [5.41, 5.74) is 17.4. The van der Waals surface area contributed by atoms with E-state index in [2.05, 4.69) is 173 Å². The van der Waals surface area contributed by atoms with E-state index in [9.17, 15) is 0 Å². The number of hydrogen-bond donors (Lipinski definition) is 0. The Balaban J connectivity index is 1.18. The summed E-state index contributed by atoms with van der Waals surface area (Å²) in [4.78, 5) is 2.42. The molecule has 1 fully saturated rings. The van der Waals surface area contributed by atoms with E-state index in [1.807, 2.05) is 0 Å². The highest BCUT2D eigenvalue weighted by molar-refractivity contribution is 6.11. The highest BCUT2D eigenvalue weighted by Gasteiger charge is 2.44. The normalized spacial score (nSPS) is 19.3. The number of allylic oxidation sites excluding steroid dienone is 4. The average molecular weight is 716 g/mol. The maximum atomic E-state index is 7.05. The van der Waals surface area contributed by atoms with E-state index in [0.29, 0.717) is 12.5 Å². The van der Waals surface area contributed by atoms with Crippen LogP contribution in [-0.2, 0) is 10.8 Å². The lowest BCUT2D eigenvalue weighted by atomic mass is 9.63. The molecule has 6 aromatic rings. The van der Waals surface area contributed by atoms with Gasteiger partial charge in [0, 0.05) is 27.5 Å². The Hall–Kier alpha value is -5.60. The van der Waals surface area contributed by atoms with Crippen molar-refractivity contribution in [2.45, 2.75) is 70.6 Å². The van der Waals surface area contributed by atoms with Crippen LogP contribution in [0.3, 0.4) is 0 Å². The Bertz CT molecular complexity index is 2590. The van der Waals surface area contributed by atoms with E-state index in [1.165, 1.54) is 93.0 Å². The smallest absolute Gasteiger partial charge is 0.151 e. The van der Waals surface area contributed by atoms with Crippen molar-refractivity contribution in [3.8, 4) is 28.0 Å². The molecule has 55 heavy (non-hydrogen) atoms. The Labute approximate surface area is 326 Å². The van der Waals surface area contributed by atoms with Gasteiger partial charge in [-0.05, 0) is 104 Å². The minimum Gasteiger partial charge on any atom is -0.486 e. The minimum absolute atomic E-state index is 0.0991. The first-order valence-electron chi connectivity index (χ1n) is 20.3. The third-order valence-electron chi connectivity index (χ3n) is 13.3. The topological polar surface area (TPSA) is 12.5 Å². The van der Waals surface area contributed by atoms with E-state index >= 15 is 0 Å². The lowest BCUT2D eigenvalue weighted by molar-refractivity contribution is 0.310. The second-order valence-corrected chi connectivity index (χ2v) is 17.1. The monoisotopic (exact) mass is 715 g/mol. The van der Waals surface area contributed by atoms with Gasteiger partial charge in [0.15, 0.2) is 5.75 Å². The molecule has 0 amide bonds. The number of benzene rings is 6. The number of anilines is 3. The largest absolute Gasteiger partial charge is 0.486 e. The van der Waals surface area contributed by atoms with Crippen molar-refractivity contribution in [2.24, 2.45) is 5.92 Å². The van der Waals surface area contributed by atoms with Crippen molar-refractivity contribution in [3.05, 3.63) is 173 Å². The third-order valence-corrected chi connectivity index (χ3v) is 13.3. The molecule has 0 N–H and O–H groups in total. The van der Waals surface area contributed by atoms with Gasteiger partial charge in [-0.1, -0.05) is 163 Å². The predicted molar refractivity (Wildman–Crippen MR) is 232 cm³/mol. The number of ether oxygens (including phenoxy) is 1. The van der Waals surface area contributed by atoms with E-state index in [0.717, 1.165) is 33.9 Å². The molecule has 0 unspecified atom stereocenters. The second kappa shape index (κ2) is 12.7. The molecule has 3 aliphatic carbocycles. The highest BCUT2D eigenvalue weighted by atomic mass is 16.5. The molecule has 0 radical (unpaired) electrons. The summed E-state index contributed by atoms with van der Waals surface area (Å²) in [7, 11) is 0. The average Bonchev–Trinajstić information content (AvgIpc) is 3.49. The Morgan fingerprint density at radius 2 is 1.25 bits per heavy atom. The first kappa shape index (κ1) is 33.9. The molecule has 0 atom stereocenters. The first-order valence-corrected chi connectivity index (χ1v) is 20.3. The van der Waals surface area contributed by atoms with Crippen LogP contribution >= 0.6 is 0 Å². The van der Waals surface area contributed by atoms with Gasteiger partial charge in [-0.3, -0.25) is 0 Å². The molecule has 4 aliphatic rings. The van der Waals surface area contributed by atoms with Crippen molar-refractivity contribution >= 4 is 33.4 Å². The minimum atomic E-state index is -0.224. The summed E-state index contributed by atoms with van der Waals surface area (Å²) in [5, 5.41) is 2.57. The van der Waals surface area contributed by atoms with Crippen LogP contribution in [-0.4, -0.2) is 6.61 Å². The van der Waals surface area contributed by atoms with Crippen LogP contribution in [0.15, 0.2) is 146 Å². The molecule has 0 aromatic heterocycles. The SMILES string of the molecule is C=C1/C=C\C=C(\C2CCCCC2)COc2c1cccc2N(c1ccccc1)c1ccc2c3c(cccc13)C(C)(C)c1c-2ccc2c1C(C)(C)c1ccccc1-2. The standard InChI is InChI=1S/C53H49NO/c1-34-17-14-20-36(35-18-8-6-9-19-35)33-55-51-38(34)24-16-28-47(51)54(37-21-10-7-11-22-37)46-32-31-40-42-30-29-41-39-23-12-13-26-44(39)52(2,3)49(41)50(42)53(4,5)45-27-15-25-43(46)48(40)45/h7,10-17,20-32,35H,1,6,8-9,18-19,33H2,2-5H3/b17-14-,36-20+. The Morgan fingerprint density at radius 3 is 2.05 bits per heavy atom. The molecule has 272 valence electrons. The summed E-state index contributed by atoms with van der Waals surface area (Å²) >= 11 is 0. The summed E-state index contributed by atoms with van der Waals surface area (Å²) in [6.45, 7) is 14.8. The van der Waals surface area contributed by atoms with Crippen LogP contribution in [0.2, 0.25) is 0 Å². The van der Waals surface area contributed by atoms with Gasteiger partial charge in [-0.25, -0.2) is 0 Å². The van der Waals surface area contributed by atoms with Crippen LogP contribution in [0.1, 0.15) is 87.6 Å². The van der Waals surface area contributed by atoms with Crippen molar-refractivity contribution in [1.29, 1.82) is 0 Å². The zero-order chi connectivity index (χ0) is 37.5. The number of fused-ring (bicyclic) bond motifs is 7. The number of nitrogens with zero attached hydrogens (tertiary/aromatic N) is 1. The number of rotatable bonds is 4. The van der Waals surface area contributed by atoms with Gasteiger partial charge in [-0.15, -0.1) is 0 Å². The molecular weight excluding hydrogens is 667 g/mol. The number of hydrogen-bond acceptors (Lipinski definition) is 2. The van der Waals surface area contributed by atoms with Gasteiger partial charge in [-0.2, -0.15) is 0 Å². The van der Waals surface area contributed by atoms with Crippen molar-refractivity contribution in [1.82, 2.24) is 0 Å². The number of para-hydroxylation sites is 2. The molecular formula is C53H49NO. The summed E-state index contributed by atoms with van der Waals surface area (Å²) in [6.07, 6.45) is 13.0. The van der Waals surface area contributed by atoms with Crippen LogP contribution < -0.4 is 9.64 Å². The van der Waals surface area contributed by atoms with Gasteiger partial charge in [0.1, 0.15) is 6.61 Å². The van der Waals surface area contributed by atoms with Crippen LogP contribution in [0.25, 0.3) is 38.6 Å². The maximum Gasteiger partial charge on any atom is 0.151 e. The van der Waals surface area contributed by atoms with Crippen molar-refractivity contribution in [3.63, 3.8) is 0 Å².